The number of hydrogen-bond acceptors (Lipinski definition) is 15. The molecule has 4 aromatic rings. The first-order valence-electron chi connectivity index (χ1n) is 14.2. The fraction of sp³-hybridized carbons (Fsp3) is 0.583. The first-order valence-corrected chi connectivity index (χ1v) is 19.6. The number of nitrogens with zero attached hydrogens (tertiary/aromatic N) is 8. The molecule has 2 saturated carbocycles. The number of nitrogens with two attached hydrogens (primary N) is 2. The standard InChI is InChI=1S/C24H30N10O7P2S2/c1-10-13-4-37-42(35,44)41-18-11(2)16(33-8-31-14-19(25)27-6-29-21(14)33)12-3-24(12,18)5-38-43(36,45)40-17(10)23(39-13)34-9-32-15-20(26)28-7-30-22(15)34/h6-13,16-18,23H,3-5H2,1-2H3,(H,35,44)(H,36,45)(H2,25,27,29)(H2,26,28,30)/t10-,11+,12-,13-,16+,17-,18+,23-,24?,42-,43+/m1/s1. The Morgan fingerprint density at radius 2 is 1.49 bits per heavy atom. The number of thiol groups is 2. The van der Waals surface area contributed by atoms with Crippen LogP contribution in [0.4, 0.5) is 11.6 Å². The van der Waals surface area contributed by atoms with Gasteiger partial charge in [0.2, 0.25) is 0 Å². The zero-order valence-electron chi connectivity index (χ0n) is 23.9. The van der Waals surface area contributed by atoms with E-state index in [4.69, 9.17) is 34.3 Å². The molecule has 45 heavy (non-hydrogen) atoms. The molecule has 0 aromatic carbocycles. The predicted octanol–water partition coefficient (Wildman–Crippen LogP) is 3.45. The van der Waals surface area contributed by atoms with Crippen LogP contribution in [0.5, 0.6) is 0 Å². The van der Waals surface area contributed by atoms with Gasteiger partial charge in [-0.15, -0.1) is 0 Å². The van der Waals surface area contributed by atoms with E-state index in [2.05, 4.69) is 54.4 Å². The second kappa shape index (κ2) is 10.3. The second-order valence-electron chi connectivity index (χ2n) is 12.1. The van der Waals surface area contributed by atoms with E-state index in [0.717, 1.165) is 0 Å². The van der Waals surface area contributed by atoms with Crippen LogP contribution in [-0.2, 0) is 32.0 Å². The third-order valence-electron chi connectivity index (χ3n) is 9.64. The Balaban J connectivity index is 1.14. The lowest BCUT2D eigenvalue weighted by Gasteiger charge is -2.31. The van der Waals surface area contributed by atoms with Crippen LogP contribution in [0.1, 0.15) is 32.5 Å². The highest BCUT2D eigenvalue weighted by Crippen LogP contribution is 2.75. The Bertz CT molecular complexity index is 1930. The summed E-state index contributed by atoms with van der Waals surface area (Å²) in [7, 11) is 0. The van der Waals surface area contributed by atoms with Gasteiger partial charge in [0.15, 0.2) is 29.2 Å². The molecular weight excluding hydrogens is 666 g/mol. The zero-order valence-corrected chi connectivity index (χ0v) is 27.5. The lowest BCUT2D eigenvalue weighted by molar-refractivity contribution is -0.0484. The topological polar surface area (TPSA) is 220 Å². The average Bonchev–Trinajstić information content (AvgIpc) is 3.28. The number of hydrogen-bond donors (Lipinski definition) is 4. The molecule has 4 aliphatic rings. The van der Waals surface area contributed by atoms with Crippen LogP contribution in [-0.4, -0.2) is 70.6 Å². The van der Waals surface area contributed by atoms with Crippen molar-refractivity contribution in [3.8, 4) is 0 Å². The molecule has 4 N–H and O–H groups in total. The van der Waals surface area contributed by atoms with E-state index in [1.807, 2.05) is 18.4 Å². The molecule has 2 bridgehead atoms. The number of anilines is 2. The van der Waals surface area contributed by atoms with Crippen molar-refractivity contribution in [3.63, 3.8) is 0 Å². The van der Waals surface area contributed by atoms with Crippen LogP contribution in [0.15, 0.2) is 25.3 Å². The van der Waals surface area contributed by atoms with Gasteiger partial charge in [-0.3, -0.25) is 18.1 Å². The lowest BCUT2D eigenvalue weighted by Crippen LogP contribution is -2.32. The van der Waals surface area contributed by atoms with E-state index < -0.39 is 49.5 Å². The third kappa shape index (κ3) is 4.73. The maximum atomic E-state index is 13.9. The number of rotatable bonds is 2. The minimum absolute atomic E-state index is 0.0354. The molecular formula is C24H30N10O7P2S2. The fourth-order valence-corrected chi connectivity index (χ4v) is 10.5. The maximum Gasteiger partial charge on any atom is 0.386 e. The molecule has 8 rings (SSSR count). The minimum Gasteiger partial charge on any atom is -0.382 e. The van der Waals surface area contributed by atoms with Gasteiger partial charge in [-0.1, -0.05) is 38.3 Å². The summed E-state index contributed by atoms with van der Waals surface area (Å²) in [6.07, 6.45) is 3.42. The van der Waals surface area contributed by atoms with E-state index in [0.29, 0.717) is 28.7 Å². The quantitative estimate of drug-likeness (QED) is 0.174. The monoisotopic (exact) mass is 696 g/mol. The van der Waals surface area contributed by atoms with Crippen LogP contribution in [0, 0.1) is 23.2 Å². The predicted molar refractivity (Wildman–Crippen MR) is 166 cm³/mol. The number of ether oxygens (including phenoxy) is 1. The normalized spacial score (nSPS) is 41.7. The number of fused-ring (bicyclic) bond motifs is 4. The van der Waals surface area contributed by atoms with Gasteiger partial charge in [0.25, 0.3) is 0 Å². The van der Waals surface area contributed by atoms with Gasteiger partial charge in [-0.2, -0.15) is 0 Å². The first-order chi connectivity index (χ1) is 21.4. The van der Waals surface area contributed by atoms with Gasteiger partial charge in [-0.25, -0.2) is 39.0 Å². The van der Waals surface area contributed by atoms with Gasteiger partial charge in [0, 0.05) is 23.3 Å². The van der Waals surface area contributed by atoms with Crippen LogP contribution in [0.3, 0.4) is 0 Å². The molecule has 1 spiro atoms. The Morgan fingerprint density at radius 3 is 2.18 bits per heavy atom. The SMILES string of the molecule is C[C@H]1[C@H]2O[P@@](=O)(S)OCC34C[C@@H]3[C@@H](n3cnc5c(N)ncnc53)[C@H](C)[C@@H]4O[P@](=O)(S)OC[C@H]1O[C@H]2n1cnc2c(N)ncnc21. The largest absolute Gasteiger partial charge is 0.386 e. The molecule has 11 atom stereocenters. The Hall–Kier alpha value is -2.34. The highest BCUT2D eigenvalue weighted by atomic mass is 32.7. The Labute approximate surface area is 266 Å². The zero-order chi connectivity index (χ0) is 31.5. The van der Waals surface area contributed by atoms with Crippen LogP contribution in [0.2, 0.25) is 0 Å². The minimum atomic E-state index is -4.01. The second-order valence-corrected chi connectivity index (χ2v) is 17.8. The van der Waals surface area contributed by atoms with Gasteiger partial charge in [-0.05, 0) is 12.3 Å². The van der Waals surface area contributed by atoms with E-state index in [9.17, 15) is 9.13 Å². The highest BCUT2D eigenvalue weighted by Gasteiger charge is 2.72. The van der Waals surface area contributed by atoms with E-state index in [1.54, 1.807) is 10.9 Å². The summed E-state index contributed by atoms with van der Waals surface area (Å²) in [6, 6.07) is -0.188. The molecule has 0 amide bonds. The van der Waals surface area contributed by atoms with Crippen molar-refractivity contribution in [1.29, 1.82) is 0 Å². The molecule has 4 fully saturated rings. The molecule has 17 nitrogen and oxygen atoms in total. The van der Waals surface area contributed by atoms with Crippen molar-refractivity contribution < 1.29 is 32.0 Å². The summed E-state index contributed by atoms with van der Waals surface area (Å²) in [4.78, 5) is 25.5. The summed E-state index contributed by atoms with van der Waals surface area (Å²) in [5.41, 5.74) is 13.2. The van der Waals surface area contributed by atoms with E-state index in [1.165, 1.54) is 19.0 Å². The third-order valence-corrected chi connectivity index (χ3v) is 12.8. The van der Waals surface area contributed by atoms with Crippen molar-refractivity contribution >= 4 is 72.1 Å². The van der Waals surface area contributed by atoms with Gasteiger partial charge in [0.1, 0.15) is 29.8 Å². The molecule has 2 saturated heterocycles. The molecule has 1 unspecified atom stereocenters. The Kier molecular flexibility index (Phi) is 6.89. The van der Waals surface area contributed by atoms with Crippen molar-refractivity contribution in [1.82, 2.24) is 39.0 Å². The summed E-state index contributed by atoms with van der Waals surface area (Å²) in [6.45, 7) is -4.34. The summed E-state index contributed by atoms with van der Waals surface area (Å²) < 4.78 is 61.9. The maximum absolute atomic E-state index is 13.9. The molecule has 6 heterocycles. The molecule has 4 aromatic heterocycles. The van der Waals surface area contributed by atoms with Crippen LogP contribution >= 0.6 is 38.1 Å². The van der Waals surface area contributed by atoms with Crippen molar-refractivity contribution in [2.24, 2.45) is 23.2 Å². The van der Waals surface area contributed by atoms with E-state index >= 15 is 0 Å². The van der Waals surface area contributed by atoms with E-state index in [-0.39, 0.29) is 42.7 Å². The smallest absolute Gasteiger partial charge is 0.382 e. The fourth-order valence-electron chi connectivity index (χ4n) is 7.39. The summed E-state index contributed by atoms with van der Waals surface area (Å²) >= 11 is 8.76. The summed E-state index contributed by atoms with van der Waals surface area (Å²) in [5.74, 6) is -0.231. The Morgan fingerprint density at radius 1 is 0.867 bits per heavy atom. The summed E-state index contributed by atoms with van der Waals surface area (Å²) in [5, 5.41) is 0. The molecule has 240 valence electrons. The van der Waals surface area contributed by atoms with Crippen LogP contribution < -0.4 is 11.5 Å². The van der Waals surface area contributed by atoms with Gasteiger partial charge >= 0.3 is 13.6 Å². The van der Waals surface area contributed by atoms with Gasteiger partial charge < -0.3 is 25.3 Å². The average molecular weight is 697 g/mol. The molecule has 21 heteroatoms. The molecule has 2 aliphatic carbocycles. The van der Waals surface area contributed by atoms with Gasteiger partial charge in [0.05, 0.1) is 38.1 Å². The number of aromatic nitrogens is 8. The highest BCUT2D eigenvalue weighted by molar-refractivity contribution is 8.44. The lowest BCUT2D eigenvalue weighted by atomic mass is 9.94. The van der Waals surface area contributed by atoms with Crippen LogP contribution in [0.25, 0.3) is 22.3 Å². The molecule has 2 aliphatic heterocycles. The molecule has 0 radical (unpaired) electrons. The van der Waals surface area contributed by atoms with Crippen molar-refractivity contribution in [2.75, 3.05) is 24.7 Å². The van der Waals surface area contributed by atoms with Crippen molar-refractivity contribution in [3.05, 3.63) is 25.3 Å². The number of imidazole rings is 2. The first kappa shape index (κ1) is 30.0. The van der Waals surface area contributed by atoms with Crippen molar-refractivity contribution in [2.45, 2.75) is 50.8 Å². The number of nitrogen functional groups attached to an aromatic ring is 2.